The van der Waals surface area contributed by atoms with Crippen LogP contribution in [-0.2, 0) is 6.54 Å². The highest BCUT2D eigenvalue weighted by Crippen LogP contribution is 2.22. The van der Waals surface area contributed by atoms with Crippen molar-refractivity contribution in [1.82, 2.24) is 14.5 Å². The minimum Gasteiger partial charge on any atom is -0.337 e. The lowest BCUT2D eigenvalue weighted by molar-refractivity contribution is 0.0790. The van der Waals surface area contributed by atoms with Gasteiger partial charge < -0.3 is 4.90 Å². The molecule has 0 spiro atoms. The van der Waals surface area contributed by atoms with Gasteiger partial charge >= 0.3 is 0 Å². The Labute approximate surface area is 109 Å². The molecule has 2 aromatic rings. The van der Waals surface area contributed by atoms with E-state index < -0.39 is 0 Å². The van der Waals surface area contributed by atoms with E-state index in [1.807, 2.05) is 11.4 Å². The second kappa shape index (κ2) is 5.03. The largest absolute Gasteiger partial charge is 0.337 e. The Balaban J connectivity index is 2.03. The number of carbonyl (C=O) groups is 1. The maximum Gasteiger partial charge on any atom is 0.267 e. The molecular formula is C9H8BrN3OS2. The number of halogens is 1. The zero-order valence-corrected chi connectivity index (χ0v) is 11.6. The van der Waals surface area contributed by atoms with Gasteiger partial charge in [0.1, 0.15) is 4.88 Å². The van der Waals surface area contributed by atoms with Gasteiger partial charge in [0, 0.05) is 13.6 Å². The molecule has 16 heavy (non-hydrogen) atoms. The molecule has 2 aromatic heterocycles. The Morgan fingerprint density at radius 3 is 3.00 bits per heavy atom. The second-order valence-electron chi connectivity index (χ2n) is 3.20. The Kier molecular flexibility index (Phi) is 3.67. The van der Waals surface area contributed by atoms with E-state index in [2.05, 4.69) is 25.5 Å². The Morgan fingerprint density at radius 2 is 2.44 bits per heavy atom. The molecule has 0 fully saturated rings. The summed E-state index contributed by atoms with van der Waals surface area (Å²) in [5, 5.41) is 5.68. The number of rotatable bonds is 3. The van der Waals surface area contributed by atoms with Crippen molar-refractivity contribution in [3.63, 3.8) is 0 Å². The molecule has 0 saturated heterocycles. The van der Waals surface area contributed by atoms with E-state index in [1.165, 1.54) is 6.20 Å². The molecule has 0 aromatic carbocycles. The van der Waals surface area contributed by atoms with E-state index in [9.17, 15) is 4.79 Å². The van der Waals surface area contributed by atoms with Crippen molar-refractivity contribution in [3.8, 4) is 0 Å². The zero-order valence-electron chi connectivity index (χ0n) is 8.38. The third-order valence-electron chi connectivity index (χ3n) is 1.96. The van der Waals surface area contributed by atoms with Gasteiger partial charge in [0.2, 0.25) is 0 Å². The lowest BCUT2D eigenvalue weighted by Gasteiger charge is -2.14. The van der Waals surface area contributed by atoms with Crippen LogP contribution in [0.25, 0.3) is 0 Å². The number of hydrogen-bond acceptors (Lipinski definition) is 5. The monoisotopic (exact) mass is 317 g/mol. The maximum atomic E-state index is 11.9. The molecule has 0 aliphatic rings. The molecule has 0 bridgehead atoms. The van der Waals surface area contributed by atoms with Crippen LogP contribution in [0.15, 0.2) is 21.4 Å². The smallest absolute Gasteiger partial charge is 0.267 e. The number of hydrogen-bond donors (Lipinski definition) is 0. The molecule has 2 rings (SSSR count). The normalized spacial score (nSPS) is 10.4. The molecule has 4 nitrogen and oxygen atoms in total. The summed E-state index contributed by atoms with van der Waals surface area (Å²) in [6, 6.07) is 2.01. The first kappa shape index (κ1) is 11.7. The molecule has 0 atom stereocenters. The molecule has 0 unspecified atom stereocenters. The summed E-state index contributed by atoms with van der Waals surface area (Å²) >= 11 is 6.12. The van der Waals surface area contributed by atoms with Crippen LogP contribution in [0.2, 0.25) is 0 Å². The maximum absolute atomic E-state index is 11.9. The quantitative estimate of drug-likeness (QED) is 0.874. The van der Waals surface area contributed by atoms with Crippen molar-refractivity contribution in [2.45, 2.75) is 6.54 Å². The Hall–Kier alpha value is -0.790. The lowest BCUT2D eigenvalue weighted by Crippen LogP contribution is -2.25. The summed E-state index contributed by atoms with van der Waals surface area (Å²) in [5.74, 6) is -0.0441. The van der Waals surface area contributed by atoms with Crippen molar-refractivity contribution in [2.24, 2.45) is 0 Å². The average Bonchev–Trinajstić information content (AvgIpc) is 2.88. The molecule has 2 heterocycles. The molecule has 0 saturated carbocycles. The van der Waals surface area contributed by atoms with Crippen LogP contribution in [0.5, 0.6) is 0 Å². The number of thiophene rings is 1. The highest BCUT2D eigenvalue weighted by Gasteiger charge is 2.14. The van der Waals surface area contributed by atoms with Crippen molar-refractivity contribution in [2.75, 3.05) is 7.05 Å². The minimum atomic E-state index is -0.0441. The van der Waals surface area contributed by atoms with Gasteiger partial charge in [-0.25, -0.2) is 0 Å². The zero-order chi connectivity index (χ0) is 11.5. The Morgan fingerprint density at radius 1 is 1.62 bits per heavy atom. The Bertz CT molecular complexity index is 483. The van der Waals surface area contributed by atoms with Gasteiger partial charge in [-0.15, -0.1) is 16.4 Å². The first-order chi connectivity index (χ1) is 7.66. The molecule has 84 valence electrons. The highest BCUT2D eigenvalue weighted by molar-refractivity contribution is 9.11. The molecule has 0 radical (unpaired) electrons. The van der Waals surface area contributed by atoms with E-state index in [0.29, 0.717) is 11.4 Å². The molecular weight excluding hydrogens is 310 g/mol. The summed E-state index contributed by atoms with van der Waals surface area (Å²) < 4.78 is 4.75. The van der Waals surface area contributed by atoms with Crippen molar-refractivity contribution in [1.29, 1.82) is 0 Å². The van der Waals surface area contributed by atoms with E-state index in [4.69, 9.17) is 0 Å². The SMILES string of the molecule is CN(Cc1csc(Br)c1)C(=O)c1cnns1. The molecule has 1 amide bonds. The lowest BCUT2D eigenvalue weighted by atomic mass is 10.3. The van der Waals surface area contributed by atoms with Crippen LogP contribution < -0.4 is 0 Å². The van der Waals surface area contributed by atoms with Crippen LogP contribution in [0, 0.1) is 0 Å². The van der Waals surface area contributed by atoms with Crippen LogP contribution in [0.3, 0.4) is 0 Å². The summed E-state index contributed by atoms with van der Waals surface area (Å²) in [6.07, 6.45) is 1.49. The molecule has 7 heteroatoms. The predicted molar refractivity (Wildman–Crippen MR) is 67.7 cm³/mol. The number of aromatic nitrogens is 2. The van der Waals surface area contributed by atoms with Gasteiger partial charge in [-0.3, -0.25) is 4.79 Å². The third-order valence-corrected chi connectivity index (χ3v) is 4.17. The van der Waals surface area contributed by atoms with Gasteiger partial charge in [-0.05, 0) is 44.5 Å². The van der Waals surface area contributed by atoms with Crippen molar-refractivity contribution >= 4 is 44.7 Å². The predicted octanol–water partition coefficient (Wildman–Crippen LogP) is 2.63. The van der Waals surface area contributed by atoms with Gasteiger partial charge in [-0.2, -0.15) is 0 Å². The van der Waals surface area contributed by atoms with Gasteiger partial charge in [-0.1, -0.05) is 4.49 Å². The van der Waals surface area contributed by atoms with Crippen LogP contribution in [0.4, 0.5) is 0 Å². The second-order valence-corrected chi connectivity index (χ2v) is 6.28. The molecule has 0 aliphatic carbocycles. The average molecular weight is 318 g/mol. The van der Waals surface area contributed by atoms with Crippen LogP contribution in [-0.4, -0.2) is 27.4 Å². The van der Waals surface area contributed by atoms with Gasteiger partial charge in [0.05, 0.1) is 9.98 Å². The van der Waals surface area contributed by atoms with E-state index in [-0.39, 0.29) is 5.91 Å². The number of amides is 1. The first-order valence-electron chi connectivity index (χ1n) is 4.42. The summed E-state index contributed by atoms with van der Waals surface area (Å²) in [4.78, 5) is 14.1. The van der Waals surface area contributed by atoms with E-state index in [1.54, 1.807) is 23.3 Å². The van der Waals surface area contributed by atoms with E-state index in [0.717, 1.165) is 20.9 Å². The minimum absolute atomic E-state index is 0.0441. The first-order valence-corrected chi connectivity index (χ1v) is 6.87. The van der Waals surface area contributed by atoms with Gasteiger partial charge in [0.25, 0.3) is 5.91 Å². The summed E-state index contributed by atoms with van der Waals surface area (Å²) in [5.41, 5.74) is 1.12. The standard InChI is InChI=1S/C9H8BrN3OS2/c1-13(4-6-2-8(10)15-5-6)9(14)7-3-11-12-16-7/h2-3,5H,4H2,1H3. The van der Waals surface area contributed by atoms with E-state index >= 15 is 0 Å². The molecule has 0 N–H and O–H groups in total. The number of carbonyl (C=O) groups excluding carboxylic acids is 1. The summed E-state index contributed by atoms with van der Waals surface area (Å²) in [6.45, 7) is 0.596. The fourth-order valence-corrected chi connectivity index (χ4v) is 2.93. The summed E-state index contributed by atoms with van der Waals surface area (Å²) in [7, 11) is 1.77. The fraction of sp³-hybridized carbons (Fsp3) is 0.222. The van der Waals surface area contributed by atoms with Crippen LogP contribution >= 0.6 is 38.8 Å². The number of nitrogens with zero attached hydrogens (tertiary/aromatic N) is 3. The van der Waals surface area contributed by atoms with Gasteiger partial charge in [0.15, 0.2) is 0 Å². The highest BCUT2D eigenvalue weighted by atomic mass is 79.9. The third kappa shape index (κ3) is 2.66. The van der Waals surface area contributed by atoms with Crippen molar-refractivity contribution < 1.29 is 4.79 Å². The van der Waals surface area contributed by atoms with Crippen LogP contribution in [0.1, 0.15) is 15.2 Å². The van der Waals surface area contributed by atoms with Crippen molar-refractivity contribution in [3.05, 3.63) is 31.9 Å². The topological polar surface area (TPSA) is 46.1 Å². The fourth-order valence-electron chi connectivity index (χ4n) is 1.22. The molecule has 0 aliphatic heterocycles.